The van der Waals surface area contributed by atoms with Gasteiger partial charge in [-0.1, -0.05) is 51.1 Å². The van der Waals surface area contributed by atoms with Gasteiger partial charge in [-0.2, -0.15) is 0 Å². The zero-order valence-electron chi connectivity index (χ0n) is 25.0. The fourth-order valence-electron chi connectivity index (χ4n) is 8.87. The van der Waals surface area contributed by atoms with Crippen molar-refractivity contribution in [3.05, 3.63) is 64.7 Å². The van der Waals surface area contributed by atoms with E-state index in [1.165, 1.54) is 37.4 Å². The molecule has 0 aromatic heterocycles. The Hall–Kier alpha value is -2.64. The number of rotatable bonds is 11. The van der Waals surface area contributed by atoms with Gasteiger partial charge in [0.05, 0.1) is 0 Å². The van der Waals surface area contributed by atoms with Gasteiger partial charge in [-0.05, 0) is 83.6 Å². The lowest BCUT2D eigenvalue weighted by Crippen LogP contribution is -2.53. The Labute approximate surface area is 248 Å². The Kier molecular flexibility index (Phi) is 7.13. The van der Waals surface area contributed by atoms with E-state index in [9.17, 15) is 14.4 Å². The molecule has 2 aromatic carbocycles. The van der Waals surface area contributed by atoms with E-state index in [4.69, 9.17) is 0 Å². The molecule has 6 nitrogen and oxygen atoms in total. The van der Waals surface area contributed by atoms with Crippen molar-refractivity contribution in [3.63, 3.8) is 0 Å². The lowest BCUT2D eigenvalue weighted by atomic mass is 9.54. The summed E-state index contributed by atoms with van der Waals surface area (Å²) < 4.78 is 0. The standard InChI is InChI=1S/C34H43N3O3S/c1-22(9-14-30(39)36(5)21-38)37-19-26-25(31(37)40)7-6-8-27(26)41-20-24-12-10-23(11-13-24)18-35-29-17-28-32(2,3)34(28)16-15-33(29,34)4/h6-8,10-13,21-22,28-29,35H,9,14-20H2,1-5H3/t22?,28?,29-,33?,34?/m0/s1. The van der Waals surface area contributed by atoms with Crippen LogP contribution < -0.4 is 5.32 Å². The average Bonchev–Trinajstić information content (AvgIpc) is 3.19. The first-order valence-corrected chi connectivity index (χ1v) is 16.1. The first-order valence-electron chi connectivity index (χ1n) is 15.1. The van der Waals surface area contributed by atoms with Gasteiger partial charge in [-0.3, -0.25) is 19.3 Å². The van der Waals surface area contributed by atoms with Crippen LogP contribution in [0.3, 0.4) is 0 Å². The average molecular weight is 574 g/mol. The maximum absolute atomic E-state index is 13.2. The molecule has 4 aliphatic rings. The molecule has 5 atom stereocenters. The van der Waals surface area contributed by atoms with E-state index in [1.54, 1.807) is 11.8 Å². The van der Waals surface area contributed by atoms with E-state index in [0.29, 0.717) is 41.7 Å². The molecule has 218 valence electrons. The molecule has 6 rings (SSSR count). The van der Waals surface area contributed by atoms with Crippen molar-refractivity contribution in [2.45, 2.75) is 95.6 Å². The fraction of sp³-hybridized carbons (Fsp3) is 0.559. The molecule has 1 aliphatic heterocycles. The predicted octanol–water partition coefficient (Wildman–Crippen LogP) is 6.02. The number of thioether (sulfide) groups is 1. The Morgan fingerprint density at radius 2 is 1.88 bits per heavy atom. The van der Waals surface area contributed by atoms with Gasteiger partial charge in [0.15, 0.2) is 0 Å². The minimum absolute atomic E-state index is 0.0211. The molecule has 0 bridgehead atoms. The number of fused-ring (bicyclic) bond motifs is 1. The molecule has 3 aliphatic carbocycles. The van der Waals surface area contributed by atoms with Crippen LogP contribution in [0.4, 0.5) is 0 Å². The van der Waals surface area contributed by atoms with E-state index in [-0.39, 0.29) is 24.3 Å². The zero-order chi connectivity index (χ0) is 29.2. The van der Waals surface area contributed by atoms with Crippen molar-refractivity contribution in [2.75, 3.05) is 7.05 Å². The number of carbonyl (C=O) groups is 3. The first-order chi connectivity index (χ1) is 19.5. The predicted molar refractivity (Wildman–Crippen MR) is 162 cm³/mol. The van der Waals surface area contributed by atoms with Gasteiger partial charge in [0.2, 0.25) is 12.3 Å². The van der Waals surface area contributed by atoms with Gasteiger partial charge in [-0.25, -0.2) is 0 Å². The number of imide groups is 1. The first kappa shape index (κ1) is 28.5. The van der Waals surface area contributed by atoms with E-state index in [1.807, 2.05) is 24.0 Å². The monoisotopic (exact) mass is 573 g/mol. The number of hydrogen-bond donors (Lipinski definition) is 1. The third-order valence-corrected chi connectivity index (χ3v) is 12.8. The largest absolute Gasteiger partial charge is 0.332 e. The van der Waals surface area contributed by atoms with Crippen molar-refractivity contribution >= 4 is 30.0 Å². The van der Waals surface area contributed by atoms with E-state index in [0.717, 1.165) is 39.1 Å². The fourth-order valence-corrected chi connectivity index (χ4v) is 9.90. The second-order valence-corrected chi connectivity index (χ2v) is 14.7. The molecule has 1 N–H and O–H groups in total. The Bertz CT molecular complexity index is 1370. The topological polar surface area (TPSA) is 69.7 Å². The van der Waals surface area contributed by atoms with Crippen LogP contribution in [-0.2, 0) is 28.4 Å². The third-order valence-electron chi connectivity index (χ3n) is 11.6. The number of nitrogens with one attached hydrogen (secondary N) is 1. The molecular formula is C34H43N3O3S. The molecule has 3 amide bonds. The number of benzene rings is 2. The van der Waals surface area contributed by atoms with Crippen molar-refractivity contribution in [2.24, 2.45) is 22.2 Å². The highest BCUT2D eigenvalue weighted by molar-refractivity contribution is 7.98. The van der Waals surface area contributed by atoms with E-state index < -0.39 is 0 Å². The van der Waals surface area contributed by atoms with Crippen LogP contribution in [-0.4, -0.2) is 47.2 Å². The summed E-state index contributed by atoms with van der Waals surface area (Å²) in [7, 11) is 1.46. The van der Waals surface area contributed by atoms with E-state index in [2.05, 4.69) is 56.4 Å². The number of carbonyl (C=O) groups excluding carboxylic acids is 3. The molecule has 0 radical (unpaired) electrons. The normalized spacial score (nSPS) is 29.3. The second kappa shape index (κ2) is 10.3. The van der Waals surface area contributed by atoms with Crippen molar-refractivity contribution in [1.29, 1.82) is 0 Å². The second-order valence-electron chi connectivity index (χ2n) is 13.7. The van der Waals surface area contributed by atoms with Crippen LogP contribution >= 0.6 is 11.8 Å². The van der Waals surface area contributed by atoms with Gasteiger partial charge < -0.3 is 10.2 Å². The third kappa shape index (κ3) is 4.37. The van der Waals surface area contributed by atoms with Crippen LogP contribution in [0.5, 0.6) is 0 Å². The zero-order valence-corrected chi connectivity index (χ0v) is 25.9. The Balaban J connectivity index is 1.02. The summed E-state index contributed by atoms with van der Waals surface area (Å²) in [5.74, 6) is 1.54. The molecule has 2 aromatic rings. The van der Waals surface area contributed by atoms with Crippen LogP contribution in [0.1, 0.15) is 86.8 Å². The quantitative estimate of drug-likeness (QED) is 0.263. The Morgan fingerprint density at radius 3 is 2.54 bits per heavy atom. The Morgan fingerprint density at radius 1 is 1.15 bits per heavy atom. The summed E-state index contributed by atoms with van der Waals surface area (Å²) in [5.41, 5.74) is 6.05. The summed E-state index contributed by atoms with van der Waals surface area (Å²) in [6, 6.07) is 15.5. The lowest BCUT2D eigenvalue weighted by molar-refractivity contribution is -0.136. The summed E-state index contributed by atoms with van der Waals surface area (Å²) >= 11 is 1.78. The van der Waals surface area contributed by atoms with Gasteiger partial charge >= 0.3 is 0 Å². The maximum atomic E-state index is 13.2. The molecule has 7 heteroatoms. The molecule has 41 heavy (non-hydrogen) atoms. The number of nitrogens with zero attached hydrogens (tertiary/aromatic N) is 2. The van der Waals surface area contributed by atoms with Crippen molar-refractivity contribution < 1.29 is 14.4 Å². The van der Waals surface area contributed by atoms with Crippen LogP contribution in [0, 0.1) is 22.2 Å². The maximum Gasteiger partial charge on any atom is 0.254 e. The van der Waals surface area contributed by atoms with Gasteiger partial charge in [0, 0.05) is 54.9 Å². The minimum Gasteiger partial charge on any atom is -0.332 e. The summed E-state index contributed by atoms with van der Waals surface area (Å²) in [4.78, 5) is 40.1. The highest BCUT2D eigenvalue weighted by Gasteiger charge is 2.86. The summed E-state index contributed by atoms with van der Waals surface area (Å²) in [6.07, 6.45) is 5.41. The minimum atomic E-state index is -0.228. The van der Waals surface area contributed by atoms with Crippen LogP contribution in [0.2, 0.25) is 0 Å². The van der Waals surface area contributed by atoms with Gasteiger partial charge in [0.1, 0.15) is 0 Å². The smallest absolute Gasteiger partial charge is 0.254 e. The van der Waals surface area contributed by atoms with Crippen molar-refractivity contribution in [3.8, 4) is 0 Å². The van der Waals surface area contributed by atoms with Crippen molar-refractivity contribution in [1.82, 2.24) is 15.1 Å². The molecular weight excluding hydrogens is 530 g/mol. The van der Waals surface area contributed by atoms with Gasteiger partial charge in [0.25, 0.3) is 5.91 Å². The summed E-state index contributed by atoms with van der Waals surface area (Å²) in [5, 5.41) is 3.93. The lowest BCUT2D eigenvalue weighted by Gasteiger charge is -2.53. The molecule has 1 heterocycles. The molecule has 3 fully saturated rings. The number of hydrogen-bond acceptors (Lipinski definition) is 5. The number of amides is 3. The summed E-state index contributed by atoms with van der Waals surface area (Å²) in [6.45, 7) is 11.0. The molecule has 1 spiro atoms. The highest BCUT2D eigenvalue weighted by atomic mass is 32.2. The molecule has 3 saturated carbocycles. The van der Waals surface area contributed by atoms with Crippen LogP contribution in [0.15, 0.2) is 47.4 Å². The highest BCUT2D eigenvalue weighted by Crippen LogP contribution is 2.90. The molecule has 4 unspecified atom stereocenters. The van der Waals surface area contributed by atoms with E-state index >= 15 is 0 Å². The SMILES string of the molecule is CC(CCC(=O)N(C)C=O)N1Cc2c(SCc3ccc(CN[C@H]4CC5C(C)(C)C56CCC46C)cc3)cccc2C1=O. The van der Waals surface area contributed by atoms with Gasteiger partial charge in [-0.15, -0.1) is 11.8 Å². The van der Waals surface area contributed by atoms with Crippen LogP contribution in [0.25, 0.3) is 0 Å². The molecule has 0 saturated heterocycles.